The van der Waals surface area contributed by atoms with E-state index in [9.17, 15) is 9.59 Å². The van der Waals surface area contributed by atoms with Crippen LogP contribution in [0.15, 0.2) is 0 Å². The molecule has 2 atom stereocenters. The van der Waals surface area contributed by atoms with Gasteiger partial charge in [0.2, 0.25) is 5.91 Å². The van der Waals surface area contributed by atoms with Gasteiger partial charge in [0, 0.05) is 11.7 Å². The molecule has 1 N–H and O–H groups in total. The van der Waals surface area contributed by atoms with E-state index in [1.807, 2.05) is 6.92 Å². The highest BCUT2D eigenvalue weighted by Gasteiger charge is 2.36. The molecule has 2 unspecified atom stereocenters. The predicted molar refractivity (Wildman–Crippen MR) is 68.9 cm³/mol. The van der Waals surface area contributed by atoms with Crippen molar-refractivity contribution in [1.29, 1.82) is 0 Å². The Kier molecular flexibility index (Phi) is 5.82. The second-order valence-corrected chi connectivity index (χ2v) is 5.41. The SMILES string of the molecule is CCCCC(CC)C(=O)N1CSCC1C(=O)O. The smallest absolute Gasteiger partial charge is 0.327 e. The van der Waals surface area contributed by atoms with Gasteiger partial charge in [-0.3, -0.25) is 4.79 Å². The number of hydrogen-bond acceptors (Lipinski definition) is 3. The number of amides is 1. The quantitative estimate of drug-likeness (QED) is 0.794. The van der Waals surface area contributed by atoms with E-state index in [1.165, 1.54) is 16.7 Å². The van der Waals surface area contributed by atoms with E-state index < -0.39 is 12.0 Å². The number of carboxylic acids is 1. The Hall–Kier alpha value is -0.710. The molecule has 5 heteroatoms. The molecule has 1 heterocycles. The van der Waals surface area contributed by atoms with Crippen molar-refractivity contribution in [3.05, 3.63) is 0 Å². The van der Waals surface area contributed by atoms with E-state index in [0.717, 1.165) is 25.7 Å². The molecular weight excluding hydrogens is 238 g/mol. The number of unbranched alkanes of at least 4 members (excludes halogenated alkanes) is 1. The lowest BCUT2D eigenvalue weighted by Gasteiger charge is -2.25. The number of nitrogens with zero attached hydrogens (tertiary/aromatic N) is 1. The topological polar surface area (TPSA) is 57.6 Å². The average molecular weight is 259 g/mol. The van der Waals surface area contributed by atoms with Crippen LogP contribution in [0.25, 0.3) is 0 Å². The molecule has 0 aromatic heterocycles. The molecule has 1 aliphatic heterocycles. The first-order valence-corrected chi connectivity index (χ1v) is 7.38. The van der Waals surface area contributed by atoms with E-state index in [0.29, 0.717) is 11.6 Å². The first-order valence-electron chi connectivity index (χ1n) is 6.22. The summed E-state index contributed by atoms with van der Waals surface area (Å²) in [6.45, 7) is 4.10. The fourth-order valence-electron chi connectivity index (χ4n) is 2.05. The third-order valence-electron chi connectivity index (χ3n) is 3.20. The number of carbonyl (C=O) groups is 2. The summed E-state index contributed by atoms with van der Waals surface area (Å²) in [7, 11) is 0. The molecule has 98 valence electrons. The Morgan fingerprint density at radius 1 is 1.47 bits per heavy atom. The Balaban J connectivity index is 2.63. The Morgan fingerprint density at radius 3 is 2.71 bits per heavy atom. The number of rotatable bonds is 6. The first-order chi connectivity index (χ1) is 8.11. The maximum atomic E-state index is 12.2. The van der Waals surface area contributed by atoms with Crippen molar-refractivity contribution in [3.8, 4) is 0 Å². The van der Waals surface area contributed by atoms with Crippen LogP contribution in [0.5, 0.6) is 0 Å². The zero-order chi connectivity index (χ0) is 12.8. The Bertz CT molecular complexity index is 283. The minimum Gasteiger partial charge on any atom is -0.480 e. The molecular formula is C12H21NO3S. The van der Waals surface area contributed by atoms with Crippen LogP contribution in [0.2, 0.25) is 0 Å². The molecule has 1 saturated heterocycles. The normalized spacial score (nSPS) is 21.5. The lowest BCUT2D eigenvalue weighted by molar-refractivity contribution is -0.149. The van der Waals surface area contributed by atoms with Gasteiger partial charge < -0.3 is 10.0 Å². The van der Waals surface area contributed by atoms with E-state index >= 15 is 0 Å². The standard InChI is InChI=1S/C12H21NO3S/c1-3-5-6-9(4-2)11(14)13-8-17-7-10(13)12(15)16/h9-10H,3-8H2,1-2H3,(H,15,16). The van der Waals surface area contributed by atoms with E-state index in [1.54, 1.807) is 0 Å². The fraction of sp³-hybridized carbons (Fsp3) is 0.833. The summed E-state index contributed by atoms with van der Waals surface area (Å²) in [6, 6.07) is -0.622. The zero-order valence-corrected chi connectivity index (χ0v) is 11.3. The van der Waals surface area contributed by atoms with Crippen molar-refractivity contribution in [2.24, 2.45) is 5.92 Å². The average Bonchev–Trinajstić information content (AvgIpc) is 2.78. The lowest BCUT2D eigenvalue weighted by atomic mass is 9.97. The summed E-state index contributed by atoms with van der Waals surface area (Å²) >= 11 is 1.52. The highest BCUT2D eigenvalue weighted by Crippen LogP contribution is 2.25. The van der Waals surface area contributed by atoms with Gasteiger partial charge in [0.25, 0.3) is 0 Å². The van der Waals surface area contributed by atoms with Gasteiger partial charge in [0.1, 0.15) is 6.04 Å². The van der Waals surface area contributed by atoms with Crippen LogP contribution in [0.1, 0.15) is 39.5 Å². The molecule has 1 amide bonds. The zero-order valence-electron chi connectivity index (χ0n) is 10.5. The monoisotopic (exact) mass is 259 g/mol. The number of carboxylic acid groups (broad SMARTS) is 1. The van der Waals surface area contributed by atoms with Crippen molar-refractivity contribution in [2.75, 3.05) is 11.6 Å². The van der Waals surface area contributed by atoms with Crippen molar-refractivity contribution in [3.63, 3.8) is 0 Å². The van der Waals surface area contributed by atoms with Crippen LogP contribution in [0.4, 0.5) is 0 Å². The molecule has 0 aromatic carbocycles. The molecule has 1 rings (SSSR count). The Labute approximate surface area is 107 Å². The van der Waals surface area contributed by atoms with Gasteiger partial charge >= 0.3 is 5.97 Å². The van der Waals surface area contributed by atoms with E-state index in [2.05, 4.69) is 6.92 Å². The van der Waals surface area contributed by atoms with Crippen molar-refractivity contribution in [2.45, 2.75) is 45.6 Å². The minimum atomic E-state index is -0.881. The largest absolute Gasteiger partial charge is 0.480 e. The molecule has 4 nitrogen and oxygen atoms in total. The highest BCUT2D eigenvalue weighted by molar-refractivity contribution is 7.99. The van der Waals surface area contributed by atoms with Gasteiger partial charge in [0.05, 0.1) is 5.88 Å². The molecule has 0 aliphatic carbocycles. The van der Waals surface area contributed by atoms with Gasteiger partial charge in [-0.1, -0.05) is 26.7 Å². The Morgan fingerprint density at radius 2 is 2.18 bits per heavy atom. The third kappa shape index (κ3) is 3.63. The summed E-state index contributed by atoms with van der Waals surface area (Å²) in [5, 5.41) is 9.06. The number of thioether (sulfide) groups is 1. The summed E-state index contributed by atoms with van der Waals surface area (Å²) in [4.78, 5) is 24.8. The predicted octanol–water partition coefficient (Wildman–Crippen LogP) is 2.19. The molecule has 0 bridgehead atoms. The minimum absolute atomic E-state index is 0.00417. The molecule has 1 fully saturated rings. The summed E-state index contributed by atoms with van der Waals surface area (Å²) in [5.41, 5.74) is 0. The van der Waals surface area contributed by atoms with Gasteiger partial charge in [0.15, 0.2) is 0 Å². The molecule has 0 spiro atoms. The second kappa shape index (κ2) is 6.89. The number of carbonyl (C=O) groups excluding carboxylic acids is 1. The first kappa shape index (κ1) is 14.4. The maximum absolute atomic E-state index is 12.2. The molecule has 0 radical (unpaired) electrons. The van der Waals surface area contributed by atoms with E-state index in [-0.39, 0.29) is 11.8 Å². The lowest BCUT2D eigenvalue weighted by Crippen LogP contribution is -2.44. The highest BCUT2D eigenvalue weighted by atomic mass is 32.2. The van der Waals surface area contributed by atoms with Crippen molar-refractivity contribution in [1.82, 2.24) is 4.90 Å². The molecule has 17 heavy (non-hydrogen) atoms. The van der Waals surface area contributed by atoms with Crippen LogP contribution in [-0.2, 0) is 9.59 Å². The van der Waals surface area contributed by atoms with Gasteiger partial charge in [-0.15, -0.1) is 11.8 Å². The van der Waals surface area contributed by atoms with Gasteiger partial charge in [-0.2, -0.15) is 0 Å². The summed E-state index contributed by atoms with van der Waals surface area (Å²) in [5.74, 6) is 0.187. The van der Waals surface area contributed by atoms with Crippen molar-refractivity contribution >= 4 is 23.6 Å². The van der Waals surface area contributed by atoms with Crippen LogP contribution < -0.4 is 0 Å². The van der Waals surface area contributed by atoms with Gasteiger partial charge in [-0.05, 0) is 12.8 Å². The van der Waals surface area contributed by atoms with Gasteiger partial charge in [-0.25, -0.2) is 4.79 Å². The number of hydrogen-bond donors (Lipinski definition) is 1. The van der Waals surface area contributed by atoms with Crippen LogP contribution >= 0.6 is 11.8 Å². The number of aliphatic carboxylic acids is 1. The van der Waals surface area contributed by atoms with Crippen molar-refractivity contribution < 1.29 is 14.7 Å². The summed E-state index contributed by atoms with van der Waals surface area (Å²) in [6.07, 6.45) is 3.77. The third-order valence-corrected chi connectivity index (χ3v) is 4.21. The van der Waals surface area contributed by atoms with Crippen LogP contribution in [0.3, 0.4) is 0 Å². The molecule has 0 saturated carbocycles. The maximum Gasteiger partial charge on any atom is 0.327 e. The van der Waals surface area contributed by atoms with Crippen LogP contribution in [-0.4, -0.2) is 39.6 Å². The second-order valence-electron chi connectivity index (χ2n) is 4.41. The van der Waals surface area contributed by atoms with Crippen LogP contribution in [0, 0.1) is 5.92 Å². The summed E-state index contributed by atoms with van der Waals surface area (Å²) < 4.78 is 0. The fourth-order valence-corrected chi connectivity index (χ4v) is 3.21. The van der Waals surface area contributed by atoms with E-state index in [4.69, 9.17) is 5.11 Å². The molecule has 0 aromatic rings. The molecule has 1 aliphatic rings.